The van der Waals surface area contributed by atoms with Gasteiger partial charge in [0.25, 0.3) is 0 Å². The van der Waals surface area contributed by atoms with Crippen molar-refractivity contribution in [3.63, 3.8) is 0 Å². The van der Waals surface area contributed by atoms with E-state index in [4.69, 9.17) is 0 Å². The molecule has 2 rings (SSSR count). The number of aliphatic hydroxyl groups is 1. The Morgan fingerprint density at radius 1 is 1.38 bits per heavy atom. The molecule has 1 aliphatic rings. The molecule has 1 aliphatic heterocycles. The minimum absolute atomic E-state index is 0.413. The second-order valence-electron chi connectivity index (χ2n) is 5.12. The van der Waals surface area contributed by atoms with Crippen molar-refractivity contribution < 1.29 is 5.11 Å². The summed E-state index contributed by atoms with van der Waals surface area (Å²) in [4.78, 5) is 2.35. The van der Waals surface area contributed by atoms with E-state index < -0.39 is 5.60 Å². The lowest BCUT2D eigenvalue weighted by atomic mass is 9.91. The lowest BCUT2D eigenvalue weighted by molar-refractivity contribution is 0.0291. The number of rotatable bonds is 3. The molecule has 16 heavy (non-hydrogen) atoms. The third-order valence-electron chi connectivity index (χ3n) is 3.64. The van der Waals surface area contributed by atoms with Crippen LogP contribution in [-0.4, -0.2) is 28.7 Å². The fraction of sp³-hybridized carbons (Fsp3) is 0.571. The summed E-state index contributed by atoms with van der Waals surface area (Å²) in [5.41, 5.74) is 0.818. The smallest absolute Gasteiger partial charge is 0.0786 e. The summed E-state index contributed by atoms with van der Waals surface area (Å²) in [6, 6.07) is 10.5. The van der Waals surface area contributed by atoms with Crippen molar-refractivity contribution in [2.75, 3.05) is 13.1 Å². The van der Waals surface area contributed by atoms with Crippen molar-refractivity contribution in [3.8, 4) is 0 Å². The molecular weight excluding hydrogens is 198 g/mol. The Bertz CT molecular complexity index is 334. The monoisotopic (exact) mass is 219 g/mol. The first-order valence-corrected chi connectivity index (χ1v) is 6.10. The Morgan fingerprint density at radius 2 is 2.06 bits per heavy atom. The van der Waals surface area contributed by atoms with Gasteiger partial charge in [-0.3, -0.25) is 4.90 Å². The van der Waals surface area contributed by atoms with Crippen molar-refractivity contribution in [2.45, 2.75) is 32.4 Å². The van der Waals surface area contributed by atoms with E-state index in [0.29, 0.717) is 5.92 Å². The van der Waals surface area contributed by atoms with Crippen LogP contribution in [0.2, 0.25) is 0 Å². The summed E-state index contributed by atoms with van der Waals surface area (Å²) in [7, 11) is 0. The van der Waals surface area contributed by atoms with Gasteiger partial charge in [-0.25, -0.2) is 0 Å². The molecule has 0 radical (unpaired) electrons. The normalized spacial score (nSPS) is 30.8. The third-order valence-corrected chi connectivity index (χ3v) is 3.64. The summed E-state index contributed by atoms with van der Waals surface area (Å²) in [6.07, 6.45) is 1.05. The van der Waals surface area contributed by atoms with Gasteiger partial charge in [-0.1, -0.05) is 37.3 Å². The second kappa shape index (κ2) is 4.56. The zero-order chi connectivity index (χ0) is 11.6. The van der Waals surface area contributed by atoms with Crippen LogP contribution >= 0.6 is 0 Å². The molecule has 1 fully saturated rings. The molecule has 1 heterocycles. The largest absolute Gasteiger partial charge is 0.389 e. The van der Waals surface area contributed by atoms with E-state index >= 15 is 0 Å². The van der Waals surface area contributed by atoms with E-state index in [-0.39, 0.29) is 0 Å². The minimum Gasteiger partial charge on any atom is -0.389 e. The van der Waals surface area contributed by atoms with Gasteiger partial charge < -0.3 is 5.11 Å². The molecular formula is C14H21NO. The van der Waals surface area contributed by atoms with Crippen molar-refractivity contribution >= 4 is 0 Å². The Balaban J connectivity index is 1.99. The van der Waals surface area contributed by atoms with Gasteiger partial charge in [0.2, 0.25) is 0 Å². The molecule has 0 amide bonds. The van der Waals surface area contributed by atoms with Crippen LogP contribution < -0.4 is 0 Å². The first-order chi connectivity index (χ1) is 7.62. The predicted molar refractivity (Wildman–Crippen MR) is 66.1 cm³/mol. The van der Waals surface area contributed by atoms with E-state index in [1.54, 1.807) is 0 Å². The number of hydrogen-bond donors (Lipinski definition) is 1. The number of likely N-dealkylation sites (tertiary alicyclic amines) is 1. The molecule has 0 aromatic heterocycles. The fourth-order valence-corrected chi connectivity index (χ4v) is 2.69. The first-order valence-electron chi connectivity index (χ1n) is 6.10. The molecule has 1 N–H and O–H groups in total. The number of hydrogen-bond acceptors (Lipinski definition) is 2. The van der Waals surface area contributed by atoms with Gasteiger partial charge in [-0.2, -0.15) is 0 Å². The third kappa shape index (κ3) is 2.45. The highest BCUT2D eigenvalue weighted by Crippen LogP contribution is 2.30. The average molecular weight is 219 g/mol. The highest BCUT2D eigenvalue weighted by molar-refractivity contribution is 5.15. The summed E-state index contributed by atoms with van der Waals surface area (Å²) in [6.45, 7) is 6.88. The first kappa shape index (κ1) is 11.6. The van der Waals surface area contributed by atoms with Crippen LogP contribution in [0.3, 0.4) is 0 Å². The summed E-state index contributed by atoms with van der Waals surface area (Å²) in [5.74, 6) is 0.413. The molecule has 0 spiro atoms. The fourth-order valence-electron chi connectivity index (χ4n) is 2.69. The maximum Gasteiger partial charge on any atom is 0.0786 e. The van der Waals surface area contributed by atoms with Crippen molar-refractivity contribution in [2.24, 2.45) is 5.92 Å². The van der Waals surface area contributed by atoms with E-state index in [1.807, 2.05) is 13.0 Å². The predicted octanol–water partition coefficient (Wildman–Crippen LogP) is 2.28. The van der Waals surface area contributed by atoms with Crippen molar-refractivity contribution in [3.05, 3.63) is 35.9 Å². The van der Waals surface area contributed by atoms with Crippen LogP contribution in [0.1, 0.15) is 25.8 Å². The standard InChI is InChI=1S/C14H21NO/c1-3-13-10-15(11-14(13,2)16)9-12-7-5-4-6-8-12/h4-8,13,16H,3,9-11H2,1-2H3. The molecule has 2 nitrogen and oxygen atoms in total. The zero-order valence-electron chi connectivity index (χ0n) is 10.2. The summed E-state index contributed by atoms with van der Waals surface area (Å²) >= 11 is 0. The molecule has 0 aliphatic carbocycles. The van der Waals surface area contributed by atoms with Crippen LogP contribution in [0, 0.1) is 5.92 Å². The summed E-state index contributed by atoms with van der Waals surface area (Å²) in [5, 5.41) is 10.3. The highest BCUT2D eigenvalue weighted by Gasteiger charge is 2.39. The van der Waals surface area contributed by atoms with Gasteiger partial charge in [0.1, 0.15) is 0 Å². The van der Waals surface area contributed by atoms with Gasteiger partial charge in [0.15, 0.2) is 0 Å². The van der Waals surface area contributed by atoms with E-state index in [1.165, 1.54) is 5.56 Å². The maximum atomic E-state index is 10.3. The Kier molecular flexibility index (Phi) is 3.31. The number of benzene rings is 1. The lowest BCUT2D eigenvalue weighted by Gasteiger charge is -2.22. The van der Waals surface area contributed by atoms with Crippen LogP contribution in [0.4, 0.5) is 0 Å². The van der Waals surface area contributed by atoms with Gasteiger partial charge in [-0.15, -0.1) is 0 Å². The molecule has 2 heteroatoms. The molecule has 0 bridgehead atoms. The molecule has 1 saturated heterocycles. The van der Waals surface area contributed by atoms with Gasteiger partial charge in [-0.05, 0) is 18.9 Å². The van der Waals surface area contributed by atoms with Crippen LogP contribution in [0.15, 0.2) is 30.3 Å². The maximum absolute atomic E-state index is 10.3. The van der Waals surface area contributed by atoms with Gasteiger partial charge >= 0.3 is 0 Å². The number of β-amino-alcohol motifs (C(OH)–C–C–N with tert-alkyl or cyclic N) is 1. The molecule has 2 atom stereocenters. The lowest BCUT2D eigenvalue weighted by Crippen LogP contribution is -2.33. The second-order valence-corrected chi connectivity index (χ2v) is 5.12. The van der Waals surface area contributed by atoms with Crippen molar-refractivity contribution in [1.29, 1.82) is 0 Å². The zero-order valence-corrected chi connectivity index (χ0v) is 10.2. The molecule has 1 aromatic rings. The SMILES string of the molecule is CCC1CN(Cc2ccccc2)CC1(C)O. The van der Waals surface area contributed by atoms with E-state index in [2.05, 4.69) is 36.1 Å². The molecule has 1 aromatic carbocycles. The highest BCUT2D eigenvalue weighted by atomic mass is 16.3. The topological polar surface area (TPSA) is 23.5 Å². The van der Waals surface area contributed by atoms with Crippen molar-refractivity contribution in [1.82, 2.24) is 4.90 Å². The van der Waals surface area contributed by atoms with Crippen LogP contribution in [0.25, 0.3) is 0 Å². The molecule has 88 valence electrons. The Morgan fingerprint density at radius 3 is 2.62 bits per heavy atom. The Hall–Kier alpha value is -0.860. The van der Waals surface area contributed by atoms with E-state index in [9.17, 15) is 5.11 Å². The average Bonchev–Trinajstić information content (AvgIpc) is 2.54. The Labute approximate surface area is 97.9 Å². The molecule has 0 saturated carbocycles. The molecule has 2 unspecified atom stereocenters. The summed E-state index contributed by atoms with van der Waals surface area (Å²) < 4.78 is 0. The quantitative estimate of drug-likeness (QED) is 0.843. The van der Waals surface area contributed by atoms with Crippen LogP contribution in [0.5, 0.6) is 0 Å². The minimum atomic E-state index is -0.510. The number of nitrogens with zero attached hydrogens (tertiary/aromatic N) is 1. The van der Waals surface area contributed by atoms with Crippen LogP contribution in [-0.2, 0) is 6.54 Å². The van der Waals surface area contributed by atoms with E-state index in [0.717, 1.165) is 26.1 Å². The van der Waals surface area contributed by atoms with Gasteiger partial charge in [0.05, 0.1) is 5.60 Å². The van der Waals surface area contributed by atoms with Gasteiger partial charge in [0, 0.05) is 25.6 Å².